The third kappa shape index (κ3) is 1.74. The minimum atomic E-state index is 0.290. The van der Waals surface area contributed by atoms with Crippen molar-refractivity contribution in [1.29, 1.82) is 0 Å². The maximum absolute atomic E-state index is 5.83. The highest BCUT2D eigenvalue weighted by Gasteiger charge is 2.44. The molecule has 3 unspecified atom stereocenters. The van der Waals surface area contributed by atoms with E-state index in [1.54, 1.807) is 11.3 Å². The summed E-state index contributed by atoms with van der Waals surface area (Å²) in [6.07, 6.45) is 4.03. The SMILES string of the molecule is Brc1ccc(-c2noc(C3CC4CCC3O4)n2)s1. The van der Waals surface area contributed by atoms with Gasteiger partial charge in [-0.2, -0.15) is 4.98 Å². The Hall–Kier alpha value is -0.720. The van der Waals surface area contributed by atoms with Gasteiger partial charge < -0.3 is 9.26 Å². The molecular formula is C12H11BrN2O2S. The van der Waals surface area contributed by atoms with Crippen LogP contribution >= 0.6 is 27.3 Å². The number of halogens is 1. The zero-order chi connectivity index (χ0) is 12.1. The van der Waals surface area contributed by atoms with E-state index in [1.807, 2.05) is 12.1 Å². The van der Waals surface area contributed by atoms with Gasteiger partial charge in [0.25, 0.3) is 0 Å². The van der Waals surface area contributed by atoms with Crippen LogP contribution in [0.5, 0.6) is 0 Å². The summed E-state index contributed by atoms with van der Waals surface area (Å²) in [5, 5.41) is 4.08. The summed E-state index contributed by atoms with van der Waals surface area (Å²) in [4.78, 5) is 5.56. The molecule has 0 radical (unpaired) electrons. The van der Waals surface area contributed by atoms with Crippen LogP contribution in [-0.4, -0.2) is 22.3 Å². The number of nitrogens with zero attached hydrogens (tertiary/aromatic N) is 2. The van der Waals surface area contributed by atoms with E-state index in [-0.39, 0.29) is 0 Å². The first-order valence-electron chi connectivity index (χ1n) is 6.04. The standard InChI is InChI=1S/C12H11BrN2O2S/c13-10-4-3-9(18-10)11-14-12(17-15-11)7-5-6-1-2-8(7)16-6/h3-4,6-8H,1-2,5H2. The molecule has 4 nitrogen and oxygen atoms in total. The lowest BCUT2D eigenvalue weighted by Crippen LogP contribution is -2.14. The van der Waals surface area contributed by atoms with Gasteiger partial charge >= 0.3 is 0 Å². The normalized spacial score (nSPS) is 30.2. The van der Waals surface area contributed by atoms with Crippen LogP contribution in [0.25, 0.3) is 10.7 Å². The fourth-order valence-corrected chi connectivity index (χ4v) is 4.13. The molecule has 3 atom stereocenters. The monoisotopic (exact) mass is 326 g/mol. The maximum Gasteiger partial charge on any atom is 0.232 e. The molecule has 4 rings (SSSR count). The van der Waals surface area contributed by atoms with Crippen molar-refractivity contribution in [2.45, 2.75) is 37.4 Å². The van der Waals surface area contributed by atoms with Crippen LogP contribution in [0.2, 0.25) is 0 Å². The largest absolute Gasteiger partial charge is 0.374 e. The first-order valence-corrected chi connectivity index (χ1v) is 7.65. The molecule has 2 aliphatic heterocycles. The van der Waals surface area contributed by atoms with Crippen molar-refractivity contribution in [3.8, 4) is 10.7 Å². The van der Waals surface area contributed by atoms with Gasteiger partial charge in [-0.15, -0.1) is 11.3 Å². The van der Waals surface area contributed by atoms with Crippen molar-refractivity contribution in [3.05, 3.63) is 21.8 Å². The molecule has 2 fully saturated rings. The Labute approximate surface area is 116 Å². The summed E-state index contributed by atoms with van der Waals surface area (Å²) in [5.41, 5.74) is 0. The topological polar surface area (TPSA) is 48.2 Å². The molecule has 0 aliphatic carbocycles. The number of hydrogen-bond donors (Lipinski definition) is 0. The molecule has 2 saturated heterocycles. The summed E-state index contributed by atoms with van der Waals surface area (Å²) in [6.45, 7) is 0. The van der Waals surface area contributed by atoms with E-state index >= 15 is 0 Å². The molecule has 2 aromatic rings. The molecular weight excluding hydrogens is 316 g/mol. The molecule has 4 heterocycles. The molecule has 6 heteroatoms. The van der Waals surface area contributed by atoms with E-state index in [1.165, 1.54) is 6.42 Å². The van der Waals surface area contributed by atoms with Gasteiger partial charge in [-0.3, -0.25) is 0 Å². The second-order valence-corrected chi connectivity index (χ2v) is 7.24. The fourth-order valence-electron chi connectivity index (χ4n) is 2.82. The number of aromatic nitrogens is 2. The van der Waals surface area contributed by atoms with Crippen molar-refractivity contribution in [2.24, 2.45) is 0 Å². The van der Waals surface area contributed by atoms with Crippen LogP contribution in [-0.2, 0) is 4.74 Å². The molecule has 2 aliphatic rings. The molecule has 0 amide bonds. The lowest BCUT2D eigenvalue weighted by Gasteiger charge is -2.13. The molecule has 0 N–H and O–H groups in total. The minimum absolute atomic E-state index is 0.290. The summed E-state index contributed by atoms with van der Waals surface area (Å²) in [7, 11) is 0. The highest BCUT2D eigenvalue weighted by atomic mass is 79.9. The Morgan fingerprint density at radius 3 is 2.94 bits per heavy atom. The van der Waals surface area contributed by atoms with Gasteiger partial charge in [0.15, 0.2) is 0 Å². The van der Waals surface area contributed by atoms with Gasteiger partial charge in [0.1, 0.15) is 0 Å². The number of ether oxygens (including phenoxy) is 1. The van der Waals surface area contributed by atoms with E-state index in [9.17, 15) is 0 Å². The Morgan fingerprint density at radius 1 is 1.33 bits per heavy atom. The van der Waals surface area contributed by atoms with E-state index in [2.05, 4.69) is 26.1 Å². The summed E-state index contributed by atoms with van der Waals surface area (Å²) < 4.78 is 12.3. The smallest absolute Gasteiger partial charge is 0.232 e. The van der Waals surface area contributed by atoms with Crippen LogP contribution in [0.1, 0.15) is 31.1 Å². The van der Waals surface area contributed by atoms with Crippen molar-refractivity contribution < 1.29 is 9.26 Å². The molecule has 2 aromatic heterocycles. The average Bonchev–Trinajstić information content (AvgIpc) is 3.12. The Kier molecular flexibility index (Phi) is 2.56. The van der Waals surface area contributed by atoms with Gasteiger partial charge in [-0.05, 0) is 47.3 Å². The molecule has 18 heavy (non-hydrogen) atoms. The minimum Gasteiger partial charge on any atom is -0.374 e. The van der Waals surface area contributed by atoms with E-state index in [0.717, 1.165) is 27.4 Å². The van der Waals surface area contributed by atoms with Crippen LogP contribution in [0, 0.1) is 0 Å². The third-order valence-corrected chi connectivity index (χ3v) is 5.28. The predicted molar refractivity (Wildman–Crippen MR) is 70.6 cm³/mol. The van der Waals surface area contributed by atoms with E-state index < -0.39 is 0 Å². The first kappa shape index (κ1) is 11.1. The van der Waals surface area contributed by atoms with Crippen molar-refractivity contribution in [2.75, 3.05) is 0 Å². The van der Waals surface area contributed by atoms with Crippen molar-refractivity contribution in [3.63, 3.8) is 0 Å². The van der Waals surface area contributed by atoms with Crippen molar-refractivity contribution >= 4 is 27.3 Å². The molecule has 0 aromatic carbocycles. The molecule has 0 saturated carbocycles. The van der Waals surface area contributed by atoms with Gasteiger partial charge in [0.05, 0.1) is 26.8 Å². The Bertz CT molecular complexity index is 582. The van der Waals surface area contributed by atoms with Crippen LogP contribution < -0.4 is 0 Å². The highest BCUT2D eigenvalue weighted by Crippen LogP contribution is 2.44. The summed E-state index contributed by atoms with van der Waals surface area (Å²) in [5.74, 6) is 1.72. The van der Waals surface area contributed by atoms with Gasteiger partial charge in [0.2, 0.25) is 11.7 Å². The van der Waals surface area contributed by atoms with Gasteiger partial charge in [-0.25, -0.2) is 0 Å². The van der Waals surface area contributed by atoms with E-state index in [4.69, 9.17) is 9.26 Å². The lowest BCUT2D eigenvalue weighted by molar-refractivity contribution is 0.0974. The average molecular weight is 327 g/mol. The Morgan fingerprint density at radius 2 is 2.28 bits per heavy atom. The zero-order valence-electron chi connectivity index (χ0n) is 9.51. The van der Waals surface area contributed by atoms with Crippen LogP contribution in [0.15, 0.2) is 20.4 Å². The maximum atomic E-state index is 5.83. The number of hydrogen-bond acceptors (Lipinski definition) is 5. The third-order valence-electron chi connectivity index (χ3n) is 3.66. The van der Waals surface area contributed by atoms with Gasteiger partial charge in [0, 0.05) is 0 Å². The van der Waals surface area contributed by atoms with Gasteiger partial charge in [-0.1, -0.05) is 5.16 Å². The van der Waals surface area contributed by atoms with Crippen LogP contribution in [0.3, 0.4) is 0 Å². The number of fused-ring (bicyclic) bond motifs is 2. The molecule has 0 spiro atoms. The zero-order valence-corrected chi connectivity index (χ0v) is 11.9. The lowest BCUT2D eigenvalue weighted by atomic mass is 9.89. The Balaban J connectivity index is 1.62. The number of rotatable bonds is 2. The van der Waals surface area contributed by atoms with E-state index in [0.29, 0.717) is 24.0 Å². The quantitative estimate of drug-likeness (QED) is 0.846. The van der Waals surface area contributed by atoms with Crippen LogP contribution in [0.4, 0.5) is 0 Å². The summed E-state index contributed by atoms with van der Waals surface area (Å²) >= 11 is 5.05. The second kappa shape index (κ2) is 4.15. The highest BCUT2D eigenvalue weighted by molar-refractivity contribution is 9.11. The second-order valence-electron chi connectivity index (χ2n) is 4.78. The number of thiophene rings is 1. The fraction of sp³-hybridized carbons (Fsp3) is 0.500. The first-order chi connectivity index (χ1) is 8.79. The predicted octanol–water partition coefficient (Wildman–Crippen LogP) is 3.60. The summed E-state index contributed by atoms with van der Waals surface area (Å²) in [6, 6.07) is 4.00. The molecule has 94 valence electrons. The molecule has 2 bridgehead atoms. The van der Waals surface area contributed by atoms with Crippen molar-refractivity contribution in [1.82, 2.24) is 10.1 Å².